The van der Waals surface area contributed by atoms with Crippen LogP contribution in [0, 0.1) is 5.82 Å². The highest BCUT2D eigenvalue weighted by atomic mass is 35.5. The molecule has 1 rings (SSSR count). The van der Waals surface area contributed by atoms with E-state index in [9.17, 15) is 4.39 Å². The largest absolute Gasteiger partial charge is 0.491 e. The van der Waals surface area contributed by atoms with Gasteiger partial charge in [0.05, 0.1) is 11.6 Å². The minimum Gasteiger partial charge on any atom is -0.423 e. The van der Waals surface area contributed by atoms with Gasteiger partial charge < -0.3 is 15.2 Å². The van der Waals surface area contributed by atoms with E-state index in [1.54, 1.807) is 0 Å². The predicted molar refractivity (Wildman–Crippen MR) is 47.2 cm³/mol. The molecule has 0 fully saturated rings. The van der Waals surface area contributed by atoms with Crippen LogP contribution < -0.4 is 5.46 Å². The monoisotopic (exact) mass is 204 g/mol. The van der Waals surface area contributed by atoms with Gasteiger partial charge in [-0.25, -0.2) is 4.39 Å². The van der Waals surface area contributed by atoms with Gasteiger partial charge in [-0.15, -0.1) is 0 Å². The number of benzene rings is 1. The third kappa shape index (κ3) is 2.00. The summed E-state index contributed by atoms with van der Waals surface area (Å²) in [5.41, 5.74) is -0.0919. The summed E-state index contributed by atoms with van der Waals surface area (Å²) in [7, 11) is -1.90. The van der Waals surface area contributed by atoms with Gasteiger partial charge in [-0.05, 0) is 5.56 Å². The second-order valence-electron chi connectivity index (χ2n) is 2.47. The standard InChI is InChI=1S/C7H7BClFO3/c9-6-4(3-11)1-2-5(7(6)10)8(12)13/h1-2,11-13H,3H2. The Bertz CT molecular complexity index is 319. The van der Waals surface area contributed by atoms with Gasteiger partial charge in [0.25, 0.3) is 0 Å². The van der Waals surface area contributed by atoms with Crippen molar-refractivity contribution in [3.05, 3.63) is 28.5 Å². The van der Waals surface area contributed by atoms with E-state index in [-0.39, 0.29) is 16.0 Å². The first-order valence-corrected chi connectivity index (χ1v) is 3.89. The topological polar surface area (TPSA) is 60.7 Å². The van der Waals surface area contributed by atoms with Gasteiger partial charge in [-0.3, -0.25) is 0 Å². The molecule has 6 heteroatoms. The molecule has 1 aromatic carbocycles. The molecule has 0 radical (unpaired) electrons. The summed E-state index contributed by atoms with van der Waals surface area (Å²) in [6, 6.07) is 2.50. The summed E-state index contributed by atoms with van der Waals surface area (Å²) in [5, 5.41) is 25.8. The van der Waals surface area contributed by atoms with Crippen molar-refractivity contribution >= 4 is 24.2 Å². The molecule has 13 heavy (non-hydrogen) atoms. The van der Waals surface area contributed by atoms with Crippen LogP contribution in [-0.4, -0.2) is 22.3 Å². The fourth-order valence-electron chi connectivity index (χ4n) is 0.926. The highest BCUT2D eigenvalue weighted by Crippen LogP contribution is 2.18. The maximum atomic E-state index is 13.1. The SMILES string of the molecule is OCc1ccc(B(O)O)c(F)c1Cl. The zero-order valence-electron chi connectivity index (χ0n) is 6.54. The molecule has 0 aromatic heterocycles. The van der Waals surface area contributed by atoms with Crippen molar-refractivity contribution in [2.24, 2.45) is 0 Å². The van der Waals surface area contributed by atoms with Crippen LogP contribution in [0.4, 0.5) is 4.39 Å². The second kappa shape index (κ2) is 4.06. The smallest absolute Gasteiger partial charge is 0.423 e. The van der Waals surface area contributed by atoms with E-state index in [2.05, 4.69) is 0 Å². The number of aliphatic hydroxyl groups is 1. The maximum Gasteiger partial charge on any atom is 0.491 e. The van der Waals surface area contributed by atoms with Crippen LogP contribution in [0.25, 0.3) is 0 Å². The molecule has 3 nitrogen and oxygen atoms in total. The lowest BCUT2D eigenvalue weighted by Gasteiger charge is -2.06. The van der Waals surface area contributed by atoms with Gasteiger partial charge in [-0.1, -0.05) is 23.7 Å². The summed E-state index contributed by atoms with van der Waals surface area (Å²) in [4.78, 5) is 0. The number of hydrogen-bond acceptors (Lipinski definition) is 3. The molecule has 0 spiro atoms. The number of aliphatic hydroxyl groups excluding tert-OH is 1. The van der Waals surface area contributed by atoms with Crippen LogP contribution in [0.3, 0.4) is 0 Å². The lowest BCUT2D eigenvalue weighted by Crippen LogP contribution is -2.33. The maximum absolute atomic E-state index is 13.1. The summed E-state index contributed by atoms with van der Waals surface area (Å²) >= 11 is 5.49. The molecule has 0 aliphatic rings. The van der Waals surface area contributed by atoms with Gasteiger partial charge in [-0.2, -0.15) is 0 Å². The van der Waals surface area contributed by atoms with Gasteiger partial charge in [0.1, 0.15) is 5.82 Å². The van der Waals surface area contributed by atoms with E-state index in [0.717, 1.165) is 6.07 Å². The number of halogens is 2. The Hall–Kier alpha value is -0.615. The molecule has 1 aromatic rings. The minimum absolute atomic E-state index is 0.212. The first-order chi connectivity index (χ1) is 6.07. The molecule has 0 heterocycles. The summed E-state index contributed by atoms with van der Waals surface area (Å²) in [6.07, 6.45) is 0. The van der Waals surface area contributed by atoms with Crippen LogP contribution in [0.2, 0.25) is 5.02 Å². The van der Waals surface area contributed by atoms with E-state index in [0.29, 0.717) is 0 Å². The van der Waals surface area contributed by atoms with Crippen LogP contribution in [0.5, 0.6) is 0 Å². The second-order valence-corrected chi connectivity index (χ2v) is 2.85. The Morgan fingerprint density at radius 1 is 1.38 bits per heavy atom. The van der Waals surface area contributed by atoms with Crippen molar-refractivity contribution in [2.45, 2.75) is 6.61 Å². The molecule has 0 aliphatic carbocycles. The third-order valence-corrected chi connectivity index (χ3v) is 2.05. The van der Waals surface area contributed by atoms with Crippen LogP contribution >= 0.6 is 11.6 Å². The molecule has 0 amide bonds. The van der Waals surface area contributed by atoms with E-state index in [4.69, 9.17) is 26.8 Å². The molecule has 0 aliphatic heterocycles. The Morgan fingerprint density at radius 2 is 2.00 bits per heavy atom. The molecule has 0 bridgehead atoms. The zero-order chi connectivity index (χ0) is 10.0. The van der Waals surface area contributed by atoms with E-state index >= 15 is 0 Å². The lowest BCUT2D eigenvalue weighted by molar-refractivity contribution is 0.281. The van der Waals surface area contributed by atoms with Crippen LogP contribution in [0.1, 0.15) is 5.56 Å². The zero-order valence-corrected chi connectivity index (χ0v) is 7.29. The van der Waals surface area contributed by atoms with Crippen molar-refractivity contribution in [2.75, 3.05) is 0 Å². The van der Waals surface area contributed by atoms with E-state index < -0.39 is 19.5 Å². The van der Waals surface area contributed by atoms with Gasteiger partial charge in [0, 0.05) is 5.46 Å². The van der Waals surface area contributed by atoms with E-state index in [1.165, 1.54) is 6.07 Å². The highest BCUT2D eigenvalue weighted by molar-refractivity contribution is 6.59. The Labute approximate surface area is 79.5 Å². The summed E-state index contributed by atoms with van der Waals surface area (Å²) < 4.78 is 13.1. The number of rotatable bonds is 2. The van der Waals surface area contributed by atoms with E-state index in [1.807, 2.05) is 0 Å². The molecular weight excluding hydrogens is 197 g/mol. The fraction of sp³-hybridized carbons (Fsp3) is 0.143. The molecule has 0 atom stereocenters. The van der Waals surface area contributed by atoms with Crippen molar-refractivity contribution in [3.8, 4) is 0 Å². The first-order valence-electron chi connectivity index (χ1n) is 3.51. The molecular formula is C7H7BClFO3. The molecule has 0 unspecified atom stereocenters. The fourth-order valence-corrected chi connectivity index (χ4v) is 1.16. The molecule has 3 N–H and O–H groups in total. The lowest BCUT2D eigenvalue weighted by atomic mass is 9.79. The Kier molecular flexibility index (Phi) is 3.27. The average molecular weight is 204 g/mol. The average Bonchev–Trinajstić information content (AvgIpc) is 2.09. The van der Waals surface area contributed by atoms with Crippen molar-refractivity contribution in [1.82, 2.24) is 0 Å². The molecule has 70 valence electrons. The van der Waals surface area contributed by atoms with Crippen LogP contribution in [0.15, 0.2) is 12.1 Å². The summed E-state index contributed by atoms with van der Waals surface area (Å²) in [6.45, 7) is -0.391. The third-order valence-electron chi connectivity index (χ3n) is 1.64. The summed E-state index contributed by atoms with van der Waals surface area (Å²) in [5.74, 6) is -0.914. The minimum atomic E-state index is -1.90. The predicted octanol–water partition coefficient (Wildman–Crippen LogP) is -0.349. The van der Waals surface area contributed by atoms with Crippen molar-refractivity contribution < 1.29 is 19.5 Å². The van der Waals surface area contributed by atoms with Gasteiger partial charge in [0.15, 0.2) is 0 Å². The number of hydrogen-bond donors (Lipinski definition) is 3. The Balaban J connectivity index is 3.23. The highest BCUT2D eigenvalue weighted by Gasteiger charge is 2.19. The van der Waals surface area contributed by atoms with Crippen LogP contribution in [-0.2, 0) is 6.61 Å². The molecule has 0 saturated heterocycles. The molecule has 0 saturated carbocycles. The quantitative estimate of drug-likeness (QED) is 0.577. The normalized spacial score (nSPS) is 10.2. The van der Waals surface area contributed by atoms with Gasteiger partial charge >= 0.3 is 7.12 Å². The van der Waals surface area contributed by atoms with Gasteiger partial charge in [0.2, 0.25) is 0 Å². The Morgan fingerprint density at radius 3 is 2.46 bits per heavy atom. The first kappa shape index (κ1) is 10.5. The van der Waals surface area contributed by atoms with Crippen molar-refractivity contribution in [1.29, 1.82) is 0 Å². The van der Waals surface area contributed by atoms with Crippen molar-refractivity contribution in [3.63, 3.8) is 0 Å².